The average Bonchev–Trinajstić information content (AvgIpc) is 2.09. The Bertz CT molecular complexity index is 164. The van der Waals surface area contributed by atoms with E-state index in [1.807, 2.05) is 0 Å². The molecule has 12 heavy (non-hydrogen) atoms. The highest BCUT2D eigenvalue weighted by Gasteiger charge is 2.18. The number of hydrogen-bond donors (Lipinski definition) is 1. The average molecular weight is 168 g/mol. The van der Waals surface area contributed by atoms with Crippen molar-refractivity contribution in [3.63, 3.8) is 0 Å². The third-order valence-corrected chi connectivity index (χ3v) is 2.31. The summed E-state index contributed by atoms with van der Waals surface area (Å²) in [6, 6.07) is 2.11. The molecule has 0 spiro atoms. The lowest BCUT2D eigenvalue weighted by Crippen LogP contribution is -2.39. The number of aliphatic hydroxyl groups excluding tert-OH is 1. The molecule has 1 fully saturated rings. The van der Waals surface area contributed by atoms with Crippen molar-refractivity contribution in [1.29, 1.82) is 5.26 Å². The molecule has 1 unspecified atom stereocenters. The maximum absolute atomic E-state index is 9.51. The Labute approximate surface area is 73.6 Å². The molecule has 1 aliphatic rings. The number of piperidine rings is 1. The molecule has 0 aromatic heterocycles. The topological polar surface area (TPSA) is 47.3 Å². The Morgan fingerprint density at radius 3 is 3.00 bits per heavy atom. The molecular formula is C9H16N2O. The van der Waals surface area contributed by atoms with Crippen molar-refractivity contribution in [3.8, 4) is 6.07 Å². The van der Waals surface area contributed by atoms with Crippen LogP contribution < -0.4 is 0 Å². The van der Waals surface area contributed by atoms with Gasteiger partial charge in [0.15, 0.2) is 0 Å². The zero-order chi connectivity index (χ0) is 8.81. The third kappa shape index (κ3) is 2.80. The van der Waals surface area contributed by atoms with E-state index in [-0.39, 0.29) is 6.23 Å². The normalized spacial score (nSPS) is 25.2. The minimum atomic E-state index is -0.252. The molecule has 0 radical (unpaired) electrons. The lowest BCUT2D eigenvalue weighted by Gasteiger charge is -2.31. The number of aliphatic hydroxyl groups is 1. The molecule has 1 N–H and O–H groups in total. The maximum atomic E-state index is 9.51. The van der Waals surface area contributed by atoms with Gasteiger partial charge < -0.3 is 5.11 Å². The lowest BCUT2D eigenvalue weighted by molar-refractivity contribution is -0.0238. The Hall–Kier alpha value is -0.590. The summed E-state index contributed by atoms with van der Waals surface area (Å²) in [6.45, 7) is 1.86. The van der Waals surface area contributed by atoms with Crippen LogP contribution in [0.4, 0.5) is 0 Å². The van der Waals surface area contributed by atoms with Gasteiger partial charge in [0.05, 0.1) is 6.07 Å². The van der Waals surface area contributed by atoms with Gasteiger partial charge in [0.1, 0.15) is 6.23 Å². The Kier molecular flexibility index (Phi) is 4.06. The van der Waals surface area contributed by atoms with Crippen LogP contribution in [0.1, 0.15) is 32.1 Å². The second kappa shape index (κ2) is 5.13. The first kappa shape index (κ1) is 9.50. The van der Waals surface area contributed by atoms with Gasteiger partial charge in [0, 0.05) is 19.5 Å². The van der Waals surface area contributed by atoms with Gasteiger partial charge in [-0.3, -0.25) is 4.90 Å². The van der Waals surface area contributed by atoms with Crippen LogP contribution in [-0.2, 0) is 0 Å². The molecular weight excluding hydrogens is 152 g/mol. The molecule has 1 heterocycles. The highest BCUT2D eigenvalue weighted by atomic mass is 16.3. The zero-order valence-corrected chi connectivity index (χ0v) is 7.37. The van der Waals surface area contributed by atoms with Gasteiger partial charge in [-0.05, 0) is 25.7 Å². The molecule has 0 amide bonds. The van der Waals surface area contributed by atoms with E-state index in [0.29, 0.717) is 6.42 Å². The Morgan fingerprint density at radius 1 is 1.50 bits per heavy atom. The second-order valence-corrected chi connectivity index (χ2v) is 3.27. The summed E-state index contributed by atoms with van der Waals surface area (Å²) in [5.74, 6) is 0. The fraction of sp³-hybridized carbons (Fsp3) is 0.889. The number of nitrogens with zero attached hydrogens (tertiary/aromatic N) is 2. The van der Waals surface area contributed by atoms with E-state index in [1.165, 1.54) is 6.42 Å². The van der Waals surface area contributed by atoms with Gasteiger partial charge in [-0.2, -0.15) is 5.26 Å². The second-order valence-electron chi connectivity index (χ2n) is 3.27. The lowest BCUT2D eigenvalue weighted by atomic mass is 10.1. The predicted molar refractivity (Wildman–Crippen MR) is 46.3 cm³/mol. The van der Waals surface area contributed by atoms with Crippen molar-refractivity contribution >= 4 is 0 Å². The van der Waals surface area contributed by atoms with Crippen LogP contribution >= 0.6 is 0 Å². The minimum Gasteiger partial charge on any atom is -0.378 e. The van der Waals surface area contributed by atoms with Crippen LogP contribution in [0.5, 0.6) is 0 Å². The molecule has 1 rings (SSSR count). The predicted octanol–water partition coefficient (Wildman–Crippen LogP) is 1.09. The van der Waals surface area contributed by atoms with Crippen molar-refractivity contribution in [2.45, 2.75) is 38.3 Å². The standard InChI is InChI=1S/C9H16N2O/c10-6-2-4-8-11-7-3-1-5-9(11)12/h9,12H,1-5,7-8H2. The van der Waals surface area contributed by atoms with Crippen LogP contribution in [0.3, 0.4) is 0 Å². The maximum Gasteiger partial charge on any atom is 0.107 e. The summed E-state index contributed by atoms with van der Waals surface area (Å²) in [4.78, 5) is 2.07. The highest BCUT2D eigenvalue weighted by Crippen LogP contribution is 2.14. The van der Waals surface area contributed by atoms with Crippen LogP contribution in [0.2, 0.25) is 0 Å². The van der Waals surface area contributed by atoms with Crippen LogP contribution in [0.15, 0.2) is 0 Å². The number of likely N-dealkylation sites (tertiary alicyclic amines) is 1. The van der Waals surface area contributed by atoms with Gasteiger partial charge in [-0.15, -0.1) is 0 Å². The van der Waals surface area contributed by atoms with Crippen LogP contribution in [0, 0.1) is 11.3 Å². The quantitative estimate of drug-likeness (QED) is 0.642. The smallest absolute Gasteiger partial charge is 0.107 e. The third-order valence-electron chi connectivity index (χ3n) is 2.31. The van der Waals surface area contributed by atoms with E-state index in [0.717, 1.165) is 32.4 Å². The van der Waals surface area contributed by atoms with Crippen molar-refractivity contribution in [2.24, 2.45) is 0 Å². The summed E-state index contributed by atoms with van der Waals surface area (Å²) in [7, 11) is 0. The van der Waals surface area contributed by atoms with Gasteiger partial charge in [0.2, 0.25) is 0 Å². The van der Waals surface area contributed by atoms with E-state index < -0.39 is 0 Å². The number of hydrogen-bond acceptors (Lipinski definition) is 3. The fourth-order valence-corrected chi connectivity index (χ4v) is 1.60. The molecule has 0 aromatic carbocycles. The van der Waals surface area contributed by atoms with E-state index in [4.69, 9.17) is 5.26 Å². The molecule has 3 heteroatoms. The van der Waals surface area contributed by atoms with E-state index in [9.17, 15) is 5.11 Å². The van der Waals surface area contributed by atoms with Gasteiger partial charge in [-0.25, -0.2) is 0 Å². The van der Waals surface area contributed by atoms with Gasteiger partial charge >= 0.3 is 0 Å². The molecule has 1 saturated heterocycles. The molecule has 1 atom stereocenters. The highest BCUT2D eigenvalue weighted by molar-refractivity contribution is 4.73. The number of nitriles is 1. The largest absolute Gasteiger partial charge is 0.378 e. The zero-order valence-electron chi connectivity index (χ0n) is 7.37. The first-order valence-corrected chi connectivity index (χ1v) is 4.63. The van der Waals surface area contributed by atoms with Crippen molar-refractivity contribution in [1.82, 2.24) is 4.90 Å². The summed E-state index contributed by atoms with van der Waals surface area (Å²) in [5, 5.41) is 17.8. The summed E-state index contributed by atoms with van der Waals surface area (Å²) in [6.07, 6.45) is 4.44. The van der Waals surface area contributed by atoms with Crippen molar-refractivity contribution in [2.75, 3.05) is 13.1 Å². The van der Waals surface area contributed by atoms with Crippen molar-refractivity contribution < 1.29 is 5.11 Å². The van der Waals surface area contributed by atoms with Gasteiger partial charge in [-0.1, -0.05) is 0 Å². The van der Waals surface area contributed by atoms with E-state index in [1.54, 1.807) is 0 Å². The van der Waals surface area contributed by atoms with Gasteiger partial charge in [0.25, 0.3) is 0 Å². The number of unbranched alkanes of at least 4 members (excludes halogenated alkanes) is 1. The minimum absolute atomic E-state index is 0.252. The first-order chi connectivity index (χ1) is 5.84. The summed E-state index contributed by atoms with van der Waals surface area (Å²) < 4.78 is 0. The van der Waals surface area contributed by atoms with Crippen molar-refractivity contribution in [3.05, 3.63) is 0 Å². The molecule has 1 aliphatic heterocycles. The summed E-state index contributed by atoms with van der Waals surface area (Å²) >= 11 is 0. The monoisotopic (exact) mass is 168 g/mol. The molecule has 68 valence electrons. The van der Waals surface area contributed by atoms with Crippen LogP contribution in [-0.4, -0.2) is 29.3 Å². The van der Waals surface area contributed by atoms with Crippen LogP contribution in [0.25, 0.3) is 0 Å². The SMILES string of the molecule is N#CCCCN1CCCCC1O. The Balaban J connectivity index is 2.16. The molecule has 0 aliphatic carbocycles. The Morgan fingerprint density at radius 2 is 2.33 bits per heavy atom. The molecule has 0 bridgehead atoms. The number of rotatable bonds is 3. The van der Waals surface area contributed by atoms with E-state index >= 15 is 0 Å². The molecule has 0 saturated carbocycles. The van der Waals surface area contributed by atoms with E-state index in [2.05, 4.69) is 11.0 Å². The molecule has 0 aromatic rings. The first-order valence-electron chi connectivity index (χ1n) is 4.63. The fourth-order valence-electron chi connectivity index (χ4n) is 1.60. The molecule has 3 nitrogen and oxygen atoms in total. The summed E-state index contributed by atoms with van der Waals surface area (Å²) in [5.41, 5.74) is 0.